The van der Waals surface area contributed by atoms with Crippen LogP contribution in [0.25, 0.3) is 42.8 Å². The van der Waals surface area contributed by atoms with E-state index in [1.54, 1.807) is 0 Å². The van der Waals surface area contributed by atoms with Crippen LogP contribution < -0.4 is 20.0 Å². The van der Waals surface area contributed by atoms with Crippen LogP contribution in [0, 0.1) is 6.92 Å². The molecule has 0 atom stereocenters. The molecule has 65 heavy (non-hydrogen) atoms. The normalized spacial score (nSPS) is 18.6. The first-order chi connectivity index (χ1) is 30.7. The maximum Gasteiger partial charge on any atom is 0.343 e. The quantitative estimate of drug-likeness (QED) is 0.160. The first kappa shape index (κ1) is 41.1. The summed E-state index contributed by atoms with van der Waals surface area (Å²) in [6, 6.07) is 45.8. The molecule has 0 spiro atoms. The molecule has 0 fully saturated rings. The molecule has 0 unspecified atom stereocenters. The Morgan fingerprint density at radius 3 is 1.71 bits per heavy atom. The van der Waals surface area contributed by atoms with E-state index in [1.165, 1.54) is 140 Å². The Bertz CT molecular complexity index is 3340. The average molecular weight is 867 g/mol. The summed E-state index contributed by atoms with van der Waals surface area (Å²) in [6.45, 7) is 29.1. The standard InChI is InChI=1S/C61H63BN2S/c1-36-29-45-47(60(9,10)27-25-58(45,5)6)34-49(36)63-51-32-39-19-15-16-20-42(39)53-43-30-37-17-13-14-18-38(37)31-50(43)64(41-23-21-40(22-24-41)57(2,3)4)62(54(51)53)56-55(63)44-33-46-48(35-52(44)65-56)61(11,12)28-26-59(46,7)8/h13-24,29-35H,25-28H2,1-12H3. The molecule has 7 aromatic carbocycles. The van der Waals surface area contributed by atoms with Gasteiger partial charge in [-0.15, -0.1) is 11.3 Å². The van der Waals surface area contributed by atoms with Gasteiger partial charge in [0, 0.05) is 43.2 Å². The summed E-state index contributed by atoms with van der Waals surface area (Å²) in [5.41, 5.74) is 19.8. The Morgan fingerprint density at radius 2 is 1.08 bits per heavy atom. The van der Waals surface area contributed by atoms with Gasteiger partial charge >= 0.3 is 6.85 Å². The number of benzene rings is 7. The third-order valence-corrected chi connectivity index (χ3v) is 18.0. The van der Waals surface area contributed by atoms with Crippen LogP contribution in [0.5, 0.6) is 0 Å². The van der Waals surface area contributed by atoms with Gasteiger partial charge in [0.1, 0.15) is 0 Å². The van der Waals surface area contributed by atoms with Gasteiger partial charge in [-0.1, -0.05) is 143 Å². The van der Waals surface area contributed by atoms with Gasteiger partial charge in [-0.05, 0) is 174 Å². The molecule has 12 rings (SSSR count). The number of fused-ring (bicyclic) bond motifs is 11. The van der Waals surface area contributed by atoms with Crippen molar-refractivity contribution in [2.75, 3.05) is 9.71 Å². The van der Waals surface area contributed by atoms with E-state index in [0.717, 1.165) is 0 Å². The maximum absolute atomic E-state index is 2.77. The average Bonchev–Trinajstić information content (AvgIpc) is 3.64. The molecule has 4 heteroatoms. The van der Waals surface area contributed by atoms with Crippen molar-refractivity contribution in [1.82, 2.24) is 0 Å². The van der Waals surface area contributed by atoms with Gasteiger partial charge in [0.05, 0.1) is 5.69 Å². The Balaban J connectivity index is 1.26. The van der Waals surface area contributed by atoms with Crippen molar-refractivity contribution in [3.05, 3.63) is 149 Å². The summed E-state index contributed by atoms with van der Waals surface area (Å²) in [4.78, 5) is 5.50. The molecule has 2 aliphatic carbocycles. The van der Waals surface area contributed by atoms with E-state index >= 15 is 0 Å². The van der Waals surface area contributed by atoms with E-state index in [-0.39, 0.29) is 33.9 Å². The molecule has 0 N–H and O–H groups in total. The molecular weight excluding hydrogens is 804 g/mol. The summed E-state index contributed by atoms with van der Waals surface area (Å²) >= 11 is 2.05. The molecule has 4 aliphatic rings. The van der Waals surface area contributed by atoms with Gasteiger partial charge in [0.25, 0.3) is 0 Å². The molecule has 0 amide bonds. The van der Waals surface area contributed by atoms with Crippen molar-refractivity contribution < 1.29 is 0 Å². The highest BCUT2D eigenvalue weighted by molar-refractivity contribution is 7.32. The molecular formula is C61H63BN2S. The molecule has 0 bridgehead atoms. The molecule has 1 aromatic heterocycles. The summed E-state index contributed by atoms with van der Waals surface area (Å²) in [5.74, 6) is 0. The lowest BCUT2D eigenvalue weighted by molar-refractivity contribution is 0.332. The fourth-order valence-electron chi connectivity index (χ4n) is 12.6. The number of hydrogen-bond acceptors (Lipinski definition) is 3. The van der Waals surface area contributed by atoms with E-state index in [1.807, 2.05) is 0 Å². The highest BCUT2D eigenvalue weighted by Crippen LogP contribution is 2.56. The number of nitrogens with zero attached hydrogens (tertiary/aromatic N) is 2. The predicted molar refractivity (Wildman–Crippen MR) is 285 cm³/mol. The minimum atomic E-state index is -0.0474. The predicted octanol–water partition coefficient (Wildman–Crippen LogP) is 16.2. The zero-order valence-corrected chi connectivity index (χ0v) is 41.5. The lowest BCUT2D eigenvalue weighted by atomic mass is 9.46. The van der Waals surface area contributed by atoms with Crippen LogP contribution in [-0.2, 0) is 27.1 Å². The van der Waals surface area contributed by atoms with E-state index in [9.17, 15) is 0 Å². The van der Waals surface area contributed by atoms with Gasteiger partial charge in [-0.3, -0.25) is 0 Å². The van der Waals surface area contributed by atoms with E-state index in [4.69, 9.17) is 0 Å². The van der Waals surface area contributed by atoms with Crippen molar-refractivity contribution in [3.63, 3.8) is 0 Å². The number of hydrogen-bond donors (Lipinski definition) is 0. The second-order valence-corrected chi connectivity index (χ2v) is 25.0. The second kappa shape index (κ2) is 13.4. The fourth-order valence-corrected chi connectivity index (χ4v) is 13.9. The third-order valence-electron chi connectivity index (χ3n) is 16.8. The zero-order valence-electron chi connectivity index (χ0n) is 40.7. The van der Waals surface area contributed by atoms with Gasteiger partial charge in [-0.2, -0.15) is 0 Å². The van der Waals surface area contributed by atoms with Crippen molar-refractivity contribution >= 4 is 88.5 Å². The van der Waals surface area contributed by atoms with E-state index in [2.05, 4.69) is 219 Å². The van der Waals surface area contributed by atoms with Gasteiger partial charge in [0.15, 0.2) is 0 Å². The molecule has 0 saturated carbocycles. The number of rotatable bonds is 2. The Hall–Kier alpha value is -5.32. The van der Waals surface area contributed by atoms with Crippen molar-refractivity contribution in [1.29, 1.82) is 0 Å². The summed E-state index contributed by atoms with van der Waals surface area (Å²) in [6.07, 6.45) is 4.77. The smallest absolute Gasteiger partial charge is 0.343 e. The number of aryl methyl sites for hydroxylation is 1. The minimum Gasteiger partial charge on any atom is -0.376 e. The molecule has 326 valence electrons. The lowest BCUT2D eigenvalue weighted by Gasteiger charge is -2.46. The Kier molecular flexibility index (Phi) is 8.49. The third kappa shape index (κ3) is 5.91. The zero-order chi connectivity index (χ0) is 45.3. The van der Waals surface area contributed by atoms with E-state index in [0.29, 0.717) is 0 Å². The molecule has 8 aromatic rings. The molecule has 2 nitrogen and oxygen atoms in total. The maximum atomic E-state index is 2.77. The minimum absolute atomic E-state index is 0.0474. The molecule has 2 aliphatic heterocycles. The van der Waals surface area contributed by atoms with Crippen LogP contribution in [-0.4, -0.2) is 6.85 Å². The lowest BCUT2D eigenvalue weighted by Crippen LogP contribution is -2.60. The largest absolute Gasteiger partial charge is 0.376 e. The Morgan fingerprint density at radius 1 is 0.538 bits per heavy atom. The van der Waals surface area contributed by atoms with Crippen LogP contribution in [0.4, 0.5) is 28.4 Å². The Labute approximate surface area is 391 Å². The van der Waals surface area contributed by atoms with E-state index < -0.39 is 0 Å². The monoisotopic (exact) mass is 866 g/mol. The summed E-state index contributed by atoms with van der Waals surface area (Å²) < 4.78 is 2.82. The van der Waals surface area contributed by atoms with Crippen LogP contribution in [0.15, 0.2) is 115 Å². The highest BCUT2D eigenvalue weighted by Gasteiger charge is 2.49. The van der Waals surface area contributed by atoms with Crippen LogP contribution >= 0.6 is 11.3 Å². The molecule has 3 heterocycles. The van der Waals surface area contributed by atoms with Gasteiger partial charge in [0.2, 0.25) is 0 Å². The first-order valence-electron chi connectivity index (χ1n) is 24.3. The van der Waals surface area contributed by atoms with Crippen molar-refractivity contribution in [3.8, 4) is 11.1 Å². The van der Waals surface area contributed by atoms with Crippen LogP contribution in [0.1, 0.15) is 135 Å². The first-order valence-corrected chi connectivity index (χ1v) is 25.1. The number of thiophene rings is 1. The SMILES string of the molecule is Cc1cc2c(cc1N1c3cc4ccccc4c4c3B(c3sc5cc6c(cc5c31)C(C)(C)CCC6(C)C)N(c1ccc(C(C)(C)C)cc1)c1cc3ccccc3cc1-4)C(C)(C)CCC2(C)C. The topological polar surface area (TPSA) is 6.48 Å². The molecule has 0 saturated heterocycles. The van der Waals surface area contributed by atoms with Crippen molar-refractivity contribution in [2.24, 2.45) is 0 Å². The fraction of sp³-hybridized carbons (Fsp3) is 0.344. The second-order valence-electron chi connectivity index (χ2n) is 24.0. The summed E-state index contributed by atoms with van der Waals surface area (Å²) in [5, 5.41) is 6.54. The van der Waals surface area contributed by atoms with Gasteiger partial charge < -0.3 is 9.71 Å². The number of anilines is 5. The van der Waals surface area contributed by atoms with Crippen molar-refractivity contribution in [2.45, 2.75) is 136 Å². The van der Waals surface area contributed by atoms with Gasteiger partial charge in [-0.25, -0.2) is 0 Å². The summed E-state index contributed by atoms with van der Waals surface area (Å²) in [7, 11) is 0. The van der Waals surface area contributed by atoms with Crippen LogP contribution in [0.3, 0.4) is 0 Å². The van der Waals surface area contributed by atoms with Crippen LogP contribution in [0.2, 0.25) is 0 Å². The highest BCUT2D eigenvalue weighted by atomic mass is 32.1. The molecule has 0 radical (unpaired) electrons.